The molecule has 3 rings (SSSR count). The van der Waals surface area contributed by atoms with Gasteiger partial charge < -0.3 is 9.73 Å². The van der Waals surface area contributed by atoms with E-state index in [9.17, 15) is 13.2 Å². The van der Waals surface area contributed by atoms with Crippen LogP contribution >= 0.6 is 0 Å². The average Bonchev–Trinajstić information content (AvgIpc) is 3.12. The van der Waals surface area contributed by atoms with Gasteiger partial charge in [0, 0.05) is 24.4 Å². The molecule has 128 valence electrons. The highest BCUT2D eigenvalue weighted by Crippen LogP contribution is 2.18. The minimum atomic E-state index is -2.99. The van der Waals surface area contributed by atoms with Gasteiger partial charge in [0.1, 0.15) is 0 Å². The molecular weight excluding hydrogens is 330 g/mol. The van der Waals surface area contributed by atoms with E-state index in [0.717, 1.165) is 11.1 Å². The van der Waals surface area contributed by atoms with Crippen LogP contribution in [0.1, 0.15) is 24.3 Å². The van der Waals surface area contributed by atoms with E-state index in [1.807, 2.05) is 31.2 Å². The molecule has 0 radical (unpaired) electrons. The maximum Gasteiger partial charge on any atom is 0.247 e. The van der Waals surface area contributed by atoms with E-state index >= 15 is 0 Å². The Balaban J connectivity index is 1.52. The first-order valence-corrected chi connectivity index (χ1v) is 9.63. The summed E-state index contributed by atoms with van der Waals surface area (Å²) in [4.78, 5) is 11.9. The highest BCUT2D eigenvalue weighted by molar-refractivity contribution is 7.91. The number of aryl methyl sites for hydroxylation is 2. The fraction of sp³-hybridized carbons (Fsp3) is 0.438. The van der Waals surface area contributed by atoms with E-state index in [1.54, 1.807) is 0 Å². The van der Waals surface area contributed by atoms with Crippen LogP contribution in [0.15, 0.2) is 28.7 Å². The van der Waals surface area contributed by atoms with Gasteiger partial charge in [0.2, 0.25) is 17.7 Å². The molecule has 1 aromatic heterocycles. The number of sulfone groups is 1. The standard InChI is InChI=1S/C16H19N3O4S/c1-11-2-4-12(5-3-11)16-19-18-15(23-16)7-6-14(20)17-13-8-9-24(21,22)10-13/h2-5,13H,6-10H2,1H3,(H,17,20)/t13-/m0/s1. The minimum absolute atomic E-state index is 0.0247. The van der Waals surface area contributed by atoms with Crippen LogP contribution in [0.25, 0.3) is 11.5 Å². The van der Waals surface area contributed by atoms with E-state index in [4.69, 9.17) is 4.42 Å². The van der Waals surface area contributed by atoms with Crippen molar-refractivity contribution in [2.75, 3.05) is 11.5 Å². The average molecular weight is 349 g/mol. The van der Waals surface area contributed by atoms with Crippen LogP contribution in [0, 0.1) is 6.92 Å². The van der Waals surface area contributed by atoms with Crippen LogP contribution in [0.5, 0.6) is 0 Å². The zero-order chi connectivity index (χ0) is 17.2. The molecule has 0 saturated carbocycles. The number of rotatable bonds is 5. The molecule has 2 heterocycles. The second kappa shape index (κ2) is 6.72. The third-order valence-electron chi connectivity index (χ3n) is 3.93. The third-order valence-corrected chi connectivity index (χ3v) is 5.70. The summed E-state index contributed by atoms with van der Waals surface area (Å²) in [5.41, 5.74) is 1.98. The van der Waals surface area contributed by atoms with Crippen molar-refractivity contribution in [1.82, 2.24) is 15.5 Å². The normalized spacial score (nSPS) is 19.3. The van der Waals surface area contributed by atoms with E-state index in [2.05, 4.69) is 15.5 Å². The van der Waals surface area contributed by atoms with Gasteiger partial charge in [-0.15, -0.1) is 10.2 Å². The summed E-state index contributed by atoms with van der Waals surface area (Å²) in [5, 5.41) is 10.7. The van der Waals surface area contributed by atoms with Gasteiger partial charge in [-0.25, -0.2) is 8.42 Å². The van der Waals surface area contributed by atoms with Crippen LogP contribution in [0.3, 0.4) is 0 Å². The Morgan fingerprint density at radius 1 is 1.29 bits per heavy atom. The van der Waals surface area contributed by atoms with Crippen LogP contribution < -0.4 is 5.32 Å². The Morgan fingerprint density at radius 3 is 2.71 bits per heavy atom. The second-order valence-electron chi connectivity index (χ2n) is 6.03. The molecule has 1 N–H and O–H groups in total. The first kappa shape index (κ1) is 16.6. The Bertz CT molecular complexity index is 827. The molecule has 0 unspecified atom stereocenters. The summed E-state index contributed by atoms with van der Waals surface area (Å²) in [7, 11) is -2.99. The molecule has 2 aromatic rings. The number of hydrogen-bond donors (Lipinski definition) is 1. The van der Waals surface area contributed by atoms with Crippen LogP contribution in [-0.4, -0.2) is 42.1 Å². The van der Waals surface area contributed by atoms with Crippen LogP contribution in [0.2, 0.25) is 0 Å². The molecular formula is C16H19N3O4S. The topological polar surface area (TPSA) is 102 Å². The molecule has 8 heteroatoms. The van der Waals surface area contributed by atoms with Gasteiger partial charge in [-0.3, -0.25) is 4.79 Å². The van der Waals surface area contributed by atoms with E-state index in [-0.39, 0.29) is 29.9 Å². The van der Waals surface area contributed by atoms with Gasteiger partial charge in [-0.1, -0.05) is 17.7 Å². The van der Waals surface area contributed by atoms with Crippen molar-refractivity contribution in [3.8, 4) is 11.5 Å². The molecule has 1 aliphatic heterocycles. The largest absolute Gasteiger partial charge is 0.421 e. The predicted octanol–water partition coefficient (Wildman–Crippen LogP) is 1.28. The lowest BCUT2D eigenvalue weighted by Crippen LogP contribution is -2.35. The van der Waals surface area contributed by atoms with Gasteiger partial charge in [-0.2, -0.15) is 0 Å². The van der Waals surface area contributed by atoms with Gasteiger partial charge in [-0.05, 0) is 25.5 Å². The molecule has 1 aromatic carbocycles. The van der Waals surface area contributed by atoms with Gasteiger partial charge in [0.15, 0.2) is 9.84 Å². The Labute approximate surface area is 140 Å². The highest BCUT2D eigenvalue weighted by atomic mass is 32.2. The zero-order valence-electron chi connectivity index (χ0n) is 13.4. The number of nitrogens with one attached hydrogen (secondary N) is 1. The second-order valence-corrected chi connectivity index (χ2v) is 8.26. The fourth-order valence-corrected chi connectivity index (χ4v) is 4.27. The number of aromatic nitrogens is 2. The van der Waals surface area contributed by atoms with Crippen LogP contribution in [-0.2, 0) is 21.1 Å². The van der Waals surface area contributed by atoms with E-state index in [0.29, 0.717) is 24.6 Å². The first-order valence-electron chi connectivity index (χ1n) is 7.80. The summed E-state index contributed by atoms with van der Waals surface area (Å²) in [6.07, 6.45) is 0.989. The van der Waals surface area contributed by atoms with E-state index in [1.165, 1.54) is 0 Å². The van der Waals surface area contributed by atoms with Crippen molar-refractivity contribution >= 4 is 15.7 Å². The van der Waals surface area contributed by atoms with Crippen LogP contribution in [0.4, 0.5) is 0 Å². The minimum Gasteiger partial charge on any atom is -0.421 e. The summed E-state index contributed by atoms with van der Waals surface area (Å²) in [5.74, 6) is 0.775. The number of nitrogens with zero attached hydrogens (tertiary/aromatic N) is 2. The number of carbonyl (C=O) groups excluding carboxylic acids is 1. The number of hydrogen-bond acceptors (Lipinski definition) is 6. The molecule has 1 atom stereocenters. The Hall–Kier alpha value is -2.22. The van der Waals surface area contributed by atoms with Crippen molar-refractivity contribution in [3.05, 3.63) is 35.7 Å². The SMILES string of the molecule is Cc1ccc(-c2nnc(CCC(=O)N[C@H]3CCS(=O)(=O)C3)o2)cc1. The first-order chi connectivity index (χ1) is 11.4. The molecule has 1 fully saturated rings. The monoisotopic (exact) mass is 349 g/mol. The molecule has 1 saturated heterocycles. The third kappa shape index (κ3) is 4.19. The summed E-state index contributed by atoms with van der Waals surface area (Å²) in [6.45, 7) is 2.00. The maximum atomic E-state index is 11.9. The van der Waals surface area contributed by atoms with E-state index < -0.39 is 9.84 Å². The highest BCUT2D eigenvalue weighted by Gasteiger charge is 2.28. The lowest BCUT2D eigenvalue weighted by atomic mass is 10.1. The molecule has 1 aliphatic rings. The van der Waals surface area contributed by atoms with Crippen molar-refractivity contribution in [1.29, 1.82) is 0 Å². The Morgan fingerprint density at radius 2 is 2.04 bits per heavy atom. The number of benzene rings is 1. The van der Waals surface area contributed by atoms with Crippen molar-refractivity contribution < 1.29 is 17.6 Å². The summed E-state index contributed by atoms with van der Waals surface area (Å²) < 4.78 is 28.3. The predicted molar refractivity (Wildman–Crippen MR) is 88.0 cm³/mol. The molecule has 24 heavy (non-hydrogen) atoms. The van der Waals surface area contributed by atoms with Gasteiger partial charge in [0.25, 0.3) is 0 Å². The molecule has 7 nitrogen and oxygen atoms in total. The van der Waals surface area contributed by atoms with Crippen molar-refractivity contribution in [2.45, 2.75) is 32.2 Å². The lowest BCUT2D eigenvalue weighted by Gasteiger charge is -2.09. The zero-order valence-corrected chi connectivity index (χ0v) is 14.2. The summed E-state index contributed by atoms with van der Waals surface area (Å²) >= 11 is 0. The Kier molecular flexibility index (Phi) is 4.66. The molecule has 0 bridgehead atoms. The summed E-state index contributed by atoms with van der Waals surface area (Å²) in [6, 6.07) is 7.44. The van der Waals surface area contributed by atoms with Gasteiger partial charge >= 0.3 is 0 Å². The van der Waals surface area contributed by atoms with Crippen molar-refractivity contribution in [3.63, 3.8) is 0 Å². The smallest absolute Gasteiger partial charge is 0.247 e. The molecule has 1 amide bonds. The number of carbonyl (C=O) groups is 1. The number of amides is 1. The lowest BCUT2D eigenvalue weighted by molar-refractivity contribution is -0.121. The van der Waals surface area contributed by atoms with Crippen molar-refractivity contribution in [2.24, 2.45) is 0 Å². The van der Waals surface area contributed by atoms with Gasteiger partial charge in [0.05, 0.1) is 11.5 Å². The molecule has 0 spiro atoms. The molecule has 0 aliphatic carbocycles. The fourth-order valence-electron chi connectivity index (χ4n) is 2.60. The quantitative estimate of drug-likeness (QED) is 0.872. The maximum absolute atomic E-state index is 11.9.